The molecule has 1 amide bonds. The molecule has 0 aliphatic rings. The van der Waals surface area contributed by atoms with E-state index in [1.807, 2.05) is 19.1 Å². The molecule has 0 spiro atoms. The molecule has 0 saturated carbocycles. The van der Waals surface area contributed by atoms with Crippen molar-refractivity contribution in [2.24, 2.45) is 0 Å². The van der Waals surface area contributed by atoms with E-state index < -0.39 is 0 Å². The van der Waals surface area contributed by atoms with Gasteiger partial charge >= 0.3 is 0 Å². The molecule has 0 bridgehead atoms. The first-order valence-corrected chi connectivity index (χ1v) is 7.13. The van der Waals surface area contributed by atoms with Crippen molar-refractivity contribution in [3.05, 3.63) is 34.9 Å². The van der Waals surface area contributed by atoms with E-state index in [1.54, 1.807) is 6.07 Å². The Balaban J connectivity index is 2.97. The molecule has 0 saturated heterocycles. The van der Waals surface area contributed by atoms with Crippen molar-refractivity contribution in [2.75, 3.05) is 6.61 Å². The summed E-state index contributed by atoms with van der Waals surface area (Å²) in [6.07, 6.45) is 2.94. The molecule has 1 aromatic rings. The normalized spacial score (nSPS) is 11.4. The van der Waals surface area contributed by atoms with Gasteiger partial charge in [-0.05, 0) is 37.5 Å². The smallest absolute Gasteiger partial charge is 0.252 e. The third-order valence-corrected chi connectivity index (χ3v) is 3.19. The second-order valence-corrected chi connectivity index (χ2v) is 4.88. The summed E-state index contributed by atoms with van der Waals surface area (Å²) >= 11 is 0. The van der Waals surface area contributed by atoms with Crippen LogP contribution in [-0.4, -0.2) is 23.7 Å². The van der Waals surface area contributed by atoms with Gasteiger partial charge in [0.2, 0.25) is 0 Å². The Morgan fingerprint density at radius 2 is 2.15 bits per heavy atom. The highest BCUT2D eigenvalue weighted by atomic mass is 16.2. The van der Waals surface area contributed by atoms with Crippen molar-refractivity contribution in [1.82, 2.24) is 5.32 Å². The van der Waals surface area contributed by atoms with Gasteiger partial charge in [-0.25, -0.2) is 0 Å². The Bertz CT molecular complexity index is 511. The van der Waals surface area contributed by atoms with Crippen LogP contribution >= 0.6 is 0 Å². The standard InChI is InChI=1S/C17H23NO2/c1-4-7-15(5-2)18-17(20)16-10-9-13(3)12-14(16)8-6-11-19/h9-10,12,15,19H,4-5,7,11H2,1-3H3,(H,18,20). The number of hydrogen-bond acceptors (Lipinski definition) is 2. The first-order valence-electron chi connectivity index (χ1n) is 7.13. The quantitative estimate of drug-likeness (QED) is 0.810. The van der Waals surface area contributed by atoms with Crippen molar-refractivity contribution >= 4 is 5.91 Å². The van der Waals surface area contributed by atoms with Crippen LogP contribution in [0, 0.1) is 18.8 Å². The average molecular weight is 273 g/mol. The average Bonchev–Trinajstić information content (AvgIpc) is 2.44. The predicted octanol–water partition coefficient (Wildman–Crippen LogP) is 2.65. The van der Waals surface area contributed by atoms with Gasteiger partial charge in [-0.15, -0.1) is 0 Å². The molecule has 1 aromatic carbocycles. The zero-order chi connectivity index (χ0) is 15.0. The molecule has 0 heterocycles. The summed E-state index contributed by atoms with van der Waals surface area (Å²) in [7, 11) is 0. The maximum Gasteiger partial charge on any atom is 0.252 e. The summed E-state index contributed by atoms with van der Waals surface area (Å²) in [6.45, 7) is 5.93. The van der Waals surface area contributed by atoms with Gasteiger partial charge in [0.05, 0.1) is 5.56 Å². The number of hydrogen-bond donors (Lipinski definition) is 2. The van der Waals surface area contributed by atoms with Gasteiger partial charge in [0.1, 0.15) is 6.61 Å². The van der Waals surface area contributed by atoms with E-state index in [1.165, 1.54) is 0 Å². The molecular weight excluding hydrogens is 250 g/mol. The summed E-state index contributed by atoms with van der Waals surface area (Å²) in [5, 5.41) is 11.9. The number of nitrogens with one attached hydrogen (secondary N) is 1. The van der Waals surface area contributed by atoms with Crippen molar-refractivity contribution < 1.29 is 9.90 Å². The lowest BCUT2D eigenvalue weighted by molar-refractivity contribution is 0.0933. The molecule has 1 atom stereocenters. The third kappa shape index (κ3) is 4.71. The summed E-state index contributed by atoms with van der Waals surface area (Å²) in [5.74, 6) is 5.36. The molecular formula is C17H23NO2. The zero-order valence-corrected chi connectivity index (χ0v) is 12.5. The van der Waals surface area contributed by atoms with E-state index in [9.17, 15) is 4.79 Å². The van der Waals surface area contributed by atoms with Crippen LogP contribution in [-0.2, 0) is 0 Å². The summed E-state index contributed by atoms with van der Waals surface area (Å²) < 4.78 is 0. The van der Waals surface area contributed by atoms with Gasteiger partial charge in [-0.1, -0.05) is 38.2 Å². The molecule has 0 aromatic heterocycles. The molecule has 0 fully saturated rings. The van der Waals surface area contributed by atoms with Gasteiger partial charge < -0.3 is 10.4 Å². The molecule has 3 nitrogen and oxygen atoms in total. The van der Waals surface area contributed by atoms with Gasteiger partial charge in [0.25, 0.3) is 5.91 Å². The van der Waals surface area contributed by atoms with Crippen molar-refractivity contribution in [2.45, 2.75) is 46.1 Å². The fourth-order valence-corrected chi connectivity index (χ4v) is 2.08. The van der Waals surface area contributed by atoms with E-state index in [0.29, 0.717) is 11.1 Å². The molecule has 1 rings (SSSR count). The van der Waals surface area contributed by atoms with Crippen LogP contribution in [0.15, 0.2) is 18.2 Å². The van der Waals surface area contributed by atoms with Crippen LogP contribution in [0.3, 0.4) is 0 Å². The van der Waals surface area contributed by atoms with Gasteiger partial charge in [-0.3, -0.25) is 4.79 Å². The van der Waals surface area contributed by atoms with Crippen molar-refractivity contribution in [1.29, 1.82) is 0 Å². The Kier molecular flexibility index (Phi) is 6.83. The van der Waals surface area contributed by atoms with E-state index in [0.717, 1.165) is 24.8 Å². The van der Waals surface area contributed by atoms with E-state index >= 15 is 0 Å². The molecule has 1 unspecified atom stereocenters. The van der Waals surface area contributed by atoms with E-state index in [2.05, 4.69) is 31.0 Å². The molecule has 2 N–H and O–H groups in total. The highest BCUT2D eigenvalue weighted by molar-refractivity contribution is 5.97. The number of carbonyl (C=O) groups excluding carboxylic acids is 1. The van der Waals surface area contributed by atoms with Gasteiger partial charge in [0, 0.05) is 11.6 Å². The number of aliphatic hydroxyl groups excluding tert-OH is 1. The maximum absolute atomic E-state index is 12.3. The first kappa shape index (κ1) is 16.3. The summed E-state index contributed by atoms with van der Waals surface area (Å²) in [5.41, 5.74) is 2.29. The fraction of sp³-hybridized carbons (Fsp3) is 0.471. The second kappa shape index (κ2) is 8.39. The number of aryl methyl sites for hydroxylation is 1. The highest BCUT2D eigenvalue weighted by Gasteiger charge is 2.14. The van der Waals surface area contributed by atoms with Crippen LogP contribution in [0.25, 0.3) is 0 Å². The Labute approximate surface area is 121 Å². The predicted molar refractivity (Wildman–Crippen MR) is 81.6 cm³/mol. The first-order chi connectivity index (χ1) is 9.62. The number of benzene rings is 1. The SMILES string of the molecule is CCCC(CC)NC(=O)c1ccc(C)cc1C#CCO. The van der Waals surface area contributed by atoms with E-state index in [4.69, 9.17) is 5.11 Å². The van der Waals surface area contributed by atoms with Crippen LogP contribution in [0.5, 0.6) is 0 Å². The highest BCUT2D eigenvalue weighted by Crippen LogP contribution is 2.12. The van der Waals surface area contributed by atoms with E-state index in [-0.39, 0.29) is 18.6 Å². The number of rotatable bonds is 5. The van der Waals surface area contributed by atoms with Crippen molar-refractivity contribution in [3.8, 4) is 11.8 Å². The zero-order valence-electron chi connectivity index (χ0n) is 12.5. The molecule has 0 radical (unpaired) electrons. The Morgan fingerprint density at radius 3 is 2.75 bits per heavy atom. The molecule has 20 heavy (non-hydrogen) atoms. The van der Waals surface area contributed by atoms with Crippen LogP contribution < -0.4 is 5.32 Å². The second-order valence-electron chi connectivity index (χ2n) is 4.88. The molecule has 108 valence electrons. The van der Waals surface area contributed by atoms with Crippen LogP contribution in [0.2, 0.25) is 0 Å². The summed E-state index contributed by atoms with van der Waals surface area (Å²) in [4.78, 5) is 12.3. The topological polar surface area (TPSA) is 49.3 Å². The van der Waals surface area contributed by atoms with Crippen LogP contribution in [0.4, 0.5) is 0 Å². The molecule has 0 aliphatic heterocycles. The Morgan fingerprint density at radius 1 is 1.40 bits per heavy atom. The lowest BCUT2D eigenvalue weighted by Gasteiger charge is -2.16. The van der Waals surface area contributed by atoms with Crippen molar-refractivity contribution in [3.63, 3.8) is 0 Å². The molecule has 3 heteroatoms. The Hall–Kier alpha value is -1.79. The fourth-order valence-electron chi connectivity index (χ4n) is 2.08. The largest absolute Gasteiger partial charge is 0.384 e. The minimum Gasteiger partial charge on any atom is -0.384 e. The lowest BCUT2D eigenvalue weighted by atomic mass is 10.0. The van der Waals surface area contributed by atoms with Crippen LogP contribution in [0.1, 0.15) is 54.6 Å². The maximum atomic E-state index is 12.3. The third-order valence-electron chi connectivity index (χ3n) is 3.19. The van der Waals surface area contributed by atoms with Gasteiger partial charge in [0.15, 0.2) is 0 Å². The summed E-state index contributed by atoms with van der Waals surface area (Å²) in [6, 6.07) is 5.77. The minimum atomic E-state index is -0.206. The number of amides is 1. The minimum absolute atomic E-state index is 0.0902. The monoisotopic (exact) mass is 273 g/mol. The molecule has 0 aliphatic carbocycles. The van der Waals surface area contributed by atoms with Gasteiger partial charge in [-0.2, -0.15) is 0 Å². The number of carbonyl (C=O) groups is 1. The lowest BCUT2D eigenvalue weighted by Crippen LogP contribution is -2.34. The number of aliphatic hydroxyl groups is 1.